The monoisotopic (exact) mass is 298 g/mol. The molecule has 2 amide bonds. The molecule has 1 N–H and O–H groups in total. The van der Waals surface area contributed by atoms with Crippen molar-refractivity contribution in [2.75, 3.05) is 10.7 Å². The highest BCUT2D eigenvalue weighted by molar-refractivity contribution is 7.99. The van der Waals surface area contributed by atoms with E-state index in [1.165, 1.54) is 4.90 Å². The van der Waals surface area contributed by atoms with Crippen LogP contribution in [0.1, 0.15) is 12.5 Å². The Morgan fingerprint density at radius 2 is 1.90 bits per heavy atom. The summed E-state index contributed by atoms with van der Waals surface area (Å²) in [6.07, 6.45) is 0. The van der Waals surface area contributed by atoms with Gasteiger partial charge in [-0.25, -0.2) is 4.79 Å². The number of benzene rings is 2. The van der Waals surface area contributed by atoms with E-state index in [4.69, 9.17) is 0 Å². The summed E-state index contributed by atoms with van der Waals surface area (Å²) in [5.74, 6) is 0.926. The number of anilines is 1. The van der Waals surface area contributed by atoms with Gasteiger partial charge in [-0.2, -0.15) is 0 Å². The van der Waals surface area contributed by atoms with Gasteiger partial charge in [0.1, 0.15) is 0 Å². The lowest BCUT2D eigenvalue weighted by atomic mass is 10.2. The van der Waals surface area contributed by atoms with Crippen LogP contribution >= 0.6 is 11.8 Å². The predicted octanol–water partition coefficient (Wildman–Crippen LogP) is 3.90. The van der Waals surface area contributed by atoms with Gasteiger partial charge in [0.2, 0.25) is 0 Å². The maximum Gasteiger partial charge on any atom is 0.322 e. The molecule has 1 aliphatic heterocycles. The second-order valence-corrected chi connectivity index (χ2v) is 6.20. The van der Waals surface area contributed by atoms with Crippen LogP contribution in [0.4, 0.5) is 10.5 Å². The van der Waals surface area contributed by atoms with Crippen LogP contribution in [0, 0.1) is 0 Å². The van der Waals surface area contributed by atoms with E-state index in [-0.39, 0.29) is 12.1 Å². The molecule has 0 spiro atoms. The minimum atomic E-state index is -0.0286. The number of hydrogen-bond acceptors (Lipinski definition) is 2. The van der Waals surface area contributed by atoms with Gasteiger partial charge in [0.15, 0.2) is 0 Å². The van der Waals surface area contributed by atoms with Crippen molar-refractivity contribution in [3.05, 3.63) is 60.2 Å². The molecule has 3 rings (SSSR count). The van der Waals surface area contributed by atoms with E-state index in [9.17, 15) is 4.79 Å². The average Bonchev–Trinajstić information content (AvgIpc) is 2.53. The first-order valence-electron chi connectivity index (χ1n) is 7.08. The minimum absolute atomic E-state index is 0.0286. The van der Waals surface area contributed by atoms with Crippen molar-refractivity contribution in [2.24, 2.45) is 0 Å². The highest BCUT2D eigenvalue weighted by Crippen LogP contribution is 2.37. The minimum Gasteiger partial charge on any atom is -0.334 e. The number of nitrogens with zero attached hydrogens (tertiary/aromatic N) is 1. The molecule has 2 aromatic rings. The highest BCUT2D eigenvalue weighted by Gasteiger charge is 2.28. The predicted molar refractivity (Wildman–Crippen MR) is 87.8 cm³/mol. The number of nitrogens with one attached hydrogen (secondary N) is 1. The van der Waals surface area contributed by atoms with Crippen LogP contribution in [-0.2, 0) is 6.54 Å². The molecule has 1 aliphatic rings. The van der Waals surface area contributed by atoms with Crippen molar-refractivity contribution in [2.45, 2.75) is 24.4 Å². The number of hydrogen-bond donors (Lipinski definition) is 1. The Bertz CT molecular complexity index is 630. The Balaban J connectivity index is 1.75. The fraction of sp³-hybridized carbons (Fsp3) is 0.235. The third kappa shape index (κ3) is 3.05. The molecule has 0 aromatic heterocycles. The van der Waals surface area contributed by atoms with E-state index < -0.39 is 0 Å². The standard InChI is InChI=1S/C17H18N2OS/c1-13-12-21-16-10-6-5-9-15(16)19(13)17(20)18-11-14-7-3-2-4-8-14/h2-10,13H,11-12H2,1H3,(H,18,20). The number of para-hydroxylation sites is 1. The van der Waals surface area contributed by atoms with Crippen LogP contribution in [0.25, 0.3) is 0 Å². The van der Waals surface area contributed by atoms with Gasteiger partial charge in [-0.3, -0.25) is 4.90 Å². The summed E-state index contributed by atoms with van der Waals surface area (Å²) in [5.41, 5.74) is 2.12. The number of amides is 2. The van der Waals surface area contributed by atoms with Crippen LogP contribution < -0.4 is 10.2 Å². The first kappa shape index (κ1) is 14.0. The third-order valence-electron chi connectivity index (χ3n) is 3.55. The Morgan fingerprint density at radius 3 is 2.71 bits per heavy atom. The molecule has 1 atom stereocenters. The molecule has 0 fully saturated rings. The zero-order chi connectivity index (χ0) is 14.7. The van der Waals surface area contributed by atoms with Gasteiger partial charge in [0.25, 0.3) is 0 Å². The molecule has 108 valence electrons. The molecule has 3 nitrogen and oxygen atoms in total. The van der Waals surface area contributed by atoms with Crippen molar-refractivity contribution in [1.82, 2.24) is 5.32 Å². The molecule has 21 heavy (non-hydrogen) atoms. The second kappa shape index (κ2) is 6.22. The average molecular weight is 298 g/mol. The molecule has 4 heteroatoms. The lowest BCUT2D eigenvalue weighted by molar-refractivity contribution is 0.244. The van der Waals surface area contributed by atoms with Crippen LogP contribution in [0.5, 0.6) is 0 Å². The second-order valence-electron chi connectivity index (χ2n) is 5.14. The van der Waals surface area contributed by atoms with Gasteiger partial charge in [-0.15, -0.1) is 11.8 Å². The first-order valence-corrected chi connectivity index (χ1v) is 8.07. The van der Waals surface area contributed by atoms with Gasteiger partial charge in [-0.1, -0.05) is 42.5 Å². The molecule has 1 heterocycles. The van der Waals surface area contributed by atoms with Crippen molar-refractivity contribution in [3.63, 3.8) is 0 Å². The first-order chi connectivity index (χ1) is 10.3. The quantitative estimate of drug-likeness (QED) is 0.912. The maximum absolute atomic E-state index is 12.6. The van der Waals surface area contributed by atoms with Crippen molar-refractivity contribution in [1.29, 1.82) is 0 Å². The zero-order valence-electron chi connectivity index (χ0n) is 12.0. The topological polar surface area (TPSA) is 32.3 Å². The van der Waals surface area contributed by atoms with E-state index in [1.807, 2.05) is 65.2 Å². The summed E-state index contributed by atoms with van der Waals surface area (Å²) in [6, 6.07) is 18.2. The van der Waals surface area contributed by atoms with Gasteiger partial charge >= 0.3 is 6.03 Å². The largest absolute Gasteiger partial charge is 0.334 e. The Labute approximate surface area is 129 Å². The number of fused-ring (bicyclic) bond motifs is 1. The number of carbonyl (C=O) groups excluding carboxylic acids is 1. The van der Waals surface area contributed by atoms with Gasteiger partial charge in [-0.05, 0) is 24.6 Å². The summed E-state index contributed by atoms with van der Waals surface area (Å²) in [4.78, 5) is 15.6. The van der Waals surface area contributed by atoms with Gasteiger partial charge in [0, 0.05) is 23.2 Å². The molecule has 1 unspecified atom stereocenters. The molecular formula is C17H18N2OS. The van der Waals surface area contributed by atoms with Gasteiger partial charge in [0.05, 0.1) is 5.69 Å². The maximum atomic E-state index is 12.6. The van der Waals surface area contributed by atoms with Crippen LogP contribution in [0.15, 0.2) is 59.5 Å². The van der Waals surface area contributed by atoms with E-state index in [2.05, 4.69) is 18.3 Å². The number of urea groups is 1. The molecule has 0 saturated heterocycles. The fourth-order valence-corrected chi connectivity index (χ4v) is 3.53. The third-order valence-corrected chi connectivity index (χ3v) is 4.86. The number of rotatable bonds is 2. The number of carbonyl (C=O) groups is 1. The summed E-state index contributed by atoms with van der Waals surface area (Å²) in [5, 5.41) is 3.02. The molecule has 0 bridgehead atoms. The normalized spacial score (nSPS) is 17.2. The SMILES string of the molecule is CC1CSc2ccccc2N1C(=O)NCc1ccccc1. The Hall–Kier alpha value is -1.94. The van der Waals surface area contributed by atoms with E-state index in [0.717, 1.165) is 17.0 Å². The lowest BCUT2D eigenvalue weighted by Crippen LogP contribution is -2.47. The fourth-order valence-electron chi connectivity index (χ4n) is 2.47. The lowest BCUT2D eigenvalue weighted by Gasteiger charge is -2.34. The Kier molecular flexibility index (Phi) is 4.15. The van der Waals surface area contributed by atoms with E-state index in [0.29, 0.717) is 6.54 Å². The summed E-state index contributed by atoms with van der Waals surface area (Å²) >= 11 is 1.81. The molecular weight excluding hydrogens is 280 g/mol. The van der Waals surface area contributed by atoms with Crippen LogP contribution in [0.2, 0.25) is 0 Å². The molecule has 2 aromatic carbocycles. The van der Waals surface area contributed by atoms with Crippen molar-refractivity contribution < 1.29 is 4.79 Å². The smallest absolute Gasteiger partial charge is 0.322 e. The Morgan fingerprint density at radius 1 is 1.19 bits per heavy atom. The van der Waals surface area contributed by atoms with Gasteiger partial charge < -0.3 is 5.32 Å². The highest BCUT2D eigenvalue weighted by atomic mass is 32.2. The van der Waals surface area contributed by atoms with Crippen molar-refractivity contribution in [3.8, 4) is 0 Å². The van der Waals surface area contributed by atoms with Crippen LogP contribution in [0.3, 0.4) is 0 Å². The van der Waals surface area contributed by atoms with Crippen LogP contribution in [-0.4, -0.2) is 17.8 Å². The zero-order valence-corrected chi connectivity index (χ0v) is 12.8. The summed E-state index contributed by atoms with van der Waals surface area (Å²) in [6.45, 7) is 2.64. The van der Waals surface area contributed by atoms with Crippen molar-refractivity contribution >= 4 is 23.5 Å². The van der Waals surface area contributed by atoms with E-state index in [1.54, 1.807) is 0 Å². The summed E-state index contributed by atoms with van der Waals surface area (Å²) < 4.78 is 0. The van der Waals surface area contributed by atoms with E-state index >= 15 is 0 Å². The summed E-state index contributed by atoms with van der Waals surface area (Å²) in [7, 11) is 0. The molecule has 0 radical (unpaired) electrons. The number of thioether (sulfide) groups is 1. The molecule has 0 saturated carbocycles. The molecule has 0 aliphatic carbocycles.